The quantitative estimate of drug-likeness (QED) is 0.535. The highest BCUT2D eigenvalue weighted by Gasteiger charge is 2.52. The summed E-state index contributed by atoms with van der Waals surface area (Å²) in [4.78, 5) is 13.8. The predicted octanol–water partition coefficient (Wildman–Crippen LogP) is 6.10. The van der Waals surface area contributed by atoms with Crippen LogP contribution in [0.3, 0.4) is 0 Å². The largest absolute Gasteiger partial charge is 0.272 e. The fourth-order valence-electron chi connectivity index (χ4n) is 4.05. The lowest BCUT2D eigenvalue weighted by atomic mass is 9.71. The van der Waals surface area contributed by atoms with Crippen LogP contribution < -0.4 is 10.4 Å². The van der Waals surface area contributed by atoms with Crippen LogP contribution in [-0.4, -0.2) is 11.9 Å². The van der Waals surface area contributed by atoms with Gasteiger partial charge in [-0.1, -0.05) is 61.9 Å². The van der Waals surface area contributed by atoms with Crippen LogP contribution in [0, 0.1) is 5.41 Å². The Bertz CT molecular complexity index is 887. The van der Waals surface area contributed by atoms with Gasteiger partial charge in [0.15, 0.2) is 0 Å². The van der Waals surface area contributed by atoms with Gasteiger partial charge in [0.05, 0.1) is 11.1 Å². The third-order valence-corrected chi connectivity index (χ3v) is 6.09. The van der Waals surface area contributed by atoms with E-state index in [1.165, 1.54) is 0 Å². The Kier molecular flexibility index (Phi) is 6.97. The Hall–Kier alpha value is -2.32. The molecule has 1 aliphatic heterocycles. The van der Waals surface area contributed by atoms with Crippen molar-refractivity contribution in [3.8, 4) is 0 Å². The SMILES string of the molecule is C=C=C(CCCC)CC1(Cc2ccc(Cl)cc2)C(=O)N(c2ccccc2)NC1C. The maximum absolute atomic E-state index is 13.8. The molecular weight excluding hydrogens is 380 g/mol. The summed E-state index contributed by atoms with van der Waals surface area (Å²) in [5.74, 6) is 0.0930. The molecule has 1 heterocycles. The molecule has 2 aromatic rings. The van der Waals surface area contributed by atoms with Crippen molar-refractivity contribution in [2.45, 2.75) is 52.0 Å². The zero-order chi connectivity index (χ0) is 20.9. The average molecular weight is 409 g/mol. The van der Waals surface area contributed by atoms with Crippen molar-refractivity contribution in [2.24, 2.45) is 5.41 Å². The van der Waals surface area contributed by atoms with Crippen LogP contribution in [-0.2, 0) is 11.2 Å². The Morgan fingerprint density at radius 3 is 2.52 bits per heavy atom. The van der Waals surface area contributed by atoms with E-state index in [2.05, 4.69) is 31.6 Å². The number of unbranched alkanes of at least 4 members (excludes halogenated alkanes) is 1. The van der Waals surface area contributed by atoms with Gasteiger partial charge in [-0.05, 0) is 68.0 Å². The molecule has 0 aliphatic carbocycles. The second-order valence-corrected chi connectivity index (χ2v) is 8.28. The van der Waals surface area contributed by atoms with Crippen LogP contribution >= 0.6 is 11.6 Å². The van der Waals surface area contributed by atoms with Gasteiger partial charge in [0.2, 0.25) is 5.91 Å². The normalized spacial score (nSPS) is 21.3. The Labute approximate surface area is 179 Å². The fraction of sp³-hybridized carbons (Fsp3) is 0.360. The molecule has 3 rings (SSSR count). The number of nitrogens with one attached hydrogen (secondary N) is 1. The number of halogens is 1. The van der Waals surface area contributed by atoms with Crippen molar-refractivity contribution in [1.82, 2.24) is 5.43 Å². The zero-order valence-electron chi connectivity index (χ0n) is 17.2. The summed E-state index contributed by atoms with van der Waals surface area (Å²) in [6.45, 7) is 8.18. The van der Waals surface area contributed by atoms with Crippen LogP contribution in [0.25, 0.3) is 0 Å². The number of carbonyl (C=O) groups is 1. The lowest BCUT2D eigenvalue weighted by Crippen LogP contribution is -2.40. The third-order valence-electron chi connectivity index (χ3n) is 5.84. The van der Waals surface area contributed by atoms with Gasteiger partial charge in [-0.15, -0.1) is 5.73 Å². The molecule has 29 heavy (non-hydrogen) atoms. The lowest BCUT2D eigenvalue weighted by molar-refractivity contribution is -0.125. The Balaban J connectivity index is 1.98. The van der Waals surface area contributed by atoms with Crippen molar-refractivity contribution in [3.05, 3.63) is 83.1 Å². The molecule has 0 radical (unpaired) electrons. The highest BCUT2D eigenvalue weighted by atomic mass is 35.5. The van der Waals surface area contributed by atoms with E-state index in [1.54, 1.807) is 5.01 Å². The highest BCUT2D eigenvalue weighted by Crippen LogP contribution is 2.42. The molecule has 0 aromatic heterocycles. The van der Waals surface area contributed by atoms with E-state index in [1.807, 2.05) is 54.6 Å². The molecule has 3 nitrogen and oxygen atoms in total. The van der Waals surface area contributed by atoms with Gasteiger partial charge in [0, 0.05) is 11.1 Å². The number of hydrogen-bond donors (Lipinski definition) is 1. The molecule has 152 valence electrons. The number of rotatable bonds is 8. The van der Waals surface area contributed by atoms with Crippen LogP contribution in [0.4, 0.5) is 5.69 Å². The number of anilines is 1. The molecule has 2 aromatic carbocycles. The van der Waals surface area contributed by atoms with Gasteiger partial charge in [-0.3, -0.25) is 4.79 Å². The number of para-hydroxylation sites is 1. The number of benzene rings is 2. The lowest BCUT2D eigenvalue weighted by Gasteiger charge is -2.31. The van der Waals surface area contributed by atoms with Crippen LogP contribution in [0.15, 0.2) is 72.5 Å². The monoisotopic (exact) mass is 408 g/mol. The fourth-order valence-corrected chi connectivity index (χ4v) is 4.18. The smallest absolute Gasteiger partial charge is 0.249 e. The Morgan fingerprint density at radius 2 is 1.90 bits per heavy atom. The summed E-state index contributed by atoms with van der Waals surface area (Å²) < 4.78 is 0. The number of hydrogen-bond acceptors (Lipinski definition) is 2. The maximum atomic E-state index is 13.8. The van der Waals surface area contributed by atoms with Gasteiger partial charge in [0.25, 0.3) is 0 Å². The van der Waals surface area contributed by atoms with Crippen molar-refractivity contribution in [1.29, 1.82) is 0 Å². The van der Waals surface area contributed by atoms with Crippen molar-refractivity contribution >= 4 is 23.2 Å². The molecule has 2 unspecified atom stereocenters. The van der Waals surface area contributed by atoms with Crippen molar-refractivity contribution in [2.75, 3.05) is 5.01 Å². The first-order valence-corrected chi connectivity index (χ1v) is 10.7. The van der Waals surface area contributed by atoms with Crippen LogP contribution in [0.1, 0.15) is 45.1 Å². The summed E-state index contributed by atoms with van der Waals surface area (Å²) in [6, 6.07) is 17.5. The maximum Gasteiger partial charge on any atom is 0.249 e. The number of allylic oxidation sites excluding steroid dienone is 1. The van der Waals surface area contributed by atoms with Gasteiger partial charge < -0.3 is 0 Å². The van der Waals surface area contributed by atoms with Gasteiger partial charge >= 0.3 is 0 Å². The molecule has 1 saturated heterocycles. The summed E-state index contributed by atoms with van der Waals surface area (Å²) in [6.07, 6.45) is 4.39. The van der Waals surface area contributed by atoms with Gasteiger partial charge in [-0.2, -0.15) is 0 Å². The van der Waals surface area contributed by atoms with Crippen molar-refractivity contribution in [3.63, 3.8) is 0 Å². The van der Waals surface area contributed by atoms with Gasteiger partial charge in [0.1, 0.15) is 0 Å². The molecular formula is C25H29ClN2O. The molecule has 1 fully saturated rings. The van der Waals surface area contributed by atoms with Crippen molar-refractivity contribution < 1.29 is 4.79 Å². The molecule has 1 aliphatic rings. The third kappa shape index (κ3) is 4.64. The summed E-state index contributed by atoms with van der Waals surface area (Å²) in [7, 11) is 0. The highest BCUT2D eigenvalue weighted by molar-refractivity contribution is 6.30. The van der Waals surface area contributed by atoms with E-state index < -0.39 is 5.41 Å². The molecule has 4 heteroatoms. The van der Waals surface area contributed by atoms with Crippen LogP contribution in [0.2, 0.25) is 5.02 Å². The number of carbonyl (C=O) groups excluding carboxylic acids is 1. The minimum Gasteiger partial charge on any atom is -0.272 e. The van der Waals surface area contributed by atoms with E-state index in [4.69, 9.17) is 11.6 Å². The molecule has 0 spiro atoms. The van der Waals surface area contributed by atoms with E-state index in [-0.39, 0.29) is 11.9 Å². The Morgan fingerprint density at radius 1 is 1.21 bits per heavy atom. The predicted molar refractivity (Wildman–Crippen MR) is 121 cm³/mol. The number of nitrogens with zero attached hydrogens (tertiary/aromatic N) is 1. The first kappa shape index (κ1) is 21.4. The first-order chi connectivity index (χ1) is 14.0. The van der Waals surface area contributed by atoms with E-state index in [0.717, 1.165) is 36.1 Å². The molecule has 0 bridgehead atoms. The molecule has 1 amide bonds. The van der Waals surface area contributed by atoms with E-state index in [0.29, 0.717) is 17.9 Å². The summed E-state index contributed by atoms with van der Waals surface area (Å²) in [5.41, 5.74) is 9.04. The first-order valence-electron chi connectivity index (χ1n) is 10.3. The van der Waals surface area contributed by atoms with E-state index in [9.17, 15) is 4.79 Å². The standard InChI is InChI=1S/C25H29ClN2O/c1-4-6-10-20(5-2)17-25(18-21-13-15-22(26)16-14-21)19(3)27-28(24(25)29)23-11-8-7-9-12-23/h7-9,11-16,19,27H,2,4,6,10,17-18H2,1,3H3. The zero-order valence-corrected chi connectivity index (χ0v) is 18.0. The van der Waals surface area contributed by atoms with Crippen LogP contribution in [0.5, 0.6) is 0 Å². The molecule has 1 N–H and O–H groups in total. The molecule has 2 atom stereocenters. The summed E-state index contributed by atoms with van der Waals surface area (Å²) >= 11 is 6.08. The number of amides is 1. The minimum absolute atomic E-state index is 0.0316. The minimum atomic E-state index is -0.600. The average Bonchev–Trinajstić information content (AvgIpc) is 2.98. The second-order valence-electron chi connectivity index (χ2n) is 7.85. The van der Waals surface area contributed by atoms with E-state index >= 15 is 0 Å². The second kappa shape index (κ2) is 9.45. The van der Waals surface area contributed by atoms with Gasteiger partial charge in [-0.25, -0.2) is 10.4 Å². The topological polar surface area (TPSA) is 32.3 Å². The number of hydrazine groups is 1. The molecule has 0 saturated carbocycles. The summed E-state index contributed by atoms with van der Waals surface area (Å²) in [5, 5.41) is 2.41.